The minimum absolute atomic E-state index is 0.176. The van der Waals surface area contributed by atoms with Crippen molar-refractivity contribution in [3.63, 3.8) is 0 Å². The summed E-state index contributed by atoms with van der Waals surface area (Å²) in [5.41, 5.74) is 6.64. The molecule has 1 heterocycles. The predicted molar refractivity (Wildman–Crippen MR) is 78.4 cm³/mol. The van der Waals surface area contributed by atoms with E-state index in [1.807, 2.05) is 0 Å². The molecule has 0 saturated carbocycles. The maximum absolute atomic E-state index is 12.3. The van der Waals surface area contributed by atoms with Crippen LogP contribution in [-0.2, 0) is 0 Å². The van der Waals surface area contributed by atoms with Crippen molar-refractivity contribution in [2.75, 3.05) is 25.9 Å². The molecule has 2 unspecified atom stereocenters. The number of benzene rings is 1. The molecule has 0 spiro atoms. The van der Waals surface area contributed by atoms with E-state index in [1.165, 1.54) is 0 Å². The average molecular weight is 282 g/mol. The average Bonchev–Trinajstić information content (AvgIpc) is 2.32. The number of halogens is 1. The van der Waals surface area contributed by atoms with Gasteiger partial charge in [0.2, 0.25) is 0 Å². The van der Waals surface area contributed by atoms with Crippen molar-refractivity contribution in [3.05, 3.63) is 28.8 Å². The van der Waals surface area contributed by atoms with Crippen LogP contribution in [0.1, 0.15) is 23.7 Å². The predicted octanol–water partition coefficient (Wildman–Crippen LogP) is 1.99. The number of rotatable bonds is 2. The number of nitrogens with one attached hydrogen (secondary N) is 1. The lowest BCUT2D eigenvalue weighted by atomic mass is 9.94. The molecule has 1 saturated heterocycles. The largest absolute Gasteiger partial charge is 0.398 e. The summed E-state index contributed by atoms with van der Waals surface area (Å²) in [6.45, 7) is 4.13. The molecule has 0 radical (unpaired) electrons. The van der Waals surface area contributed by atoms with Crippen molar-refractivity contribution < 1.29 is 4.79 Å². The van der Waals surface area contributed by atoms with Crippen LogP contribution in [0, 0.1) is 5.92 Å². The van der Waals surface area contributed by atoms with Gasteiger partial charge < -0.3 is 16.0 Å². The topological polar surface area (TPSA) is 58.4 Å². The Balaban J connectivity index is 2.09. The van der Waals surface area contributed by atoms with Gasteiger partial charge in [-0.05, 0) is 38.1 Å². The van der Waals surface area contributed by atoms with Gasteiger partial charge in [-0.3, -0.25) is 4.79 Å². The highest BCUT2D eigenvalue weighted by atomic mass is 35.5. The summed E-state index contributed by atoms with van der Waals surface area (Å²) < 4.78 is 0. The second-order valence-corrected chi connectivity index (χ2v) is 5.72. The van der Waals surface area contributed by atoms with Crippen LogP contribution >= 0.6 is 11.6 Å². The van der Waals surface area contributed by atoms with Crippen molar-refractivity contribution in [3.8, 4) is 0 Å². The van der Waals surface area contributed by atoms with E-state index in [2.05, 4.69) is 24.2 Å². The highest BCUT2D eigenvalue weighted by Crippen LogP contribution is 2.23. The number of nitrogen functional groups attached to an aromatic ring is 1. The van der Waals surface area contributed by atoms with Gasteiger partial charge in [0.1, 0.15) is 0 Å². The summed E-state index contributed by atoms with van der Waals surface area (Å²) in [5, 5.41) is 3.46. The van der Waals surface area contributed by atoms with Crippen LogP contribution in [0.4, 0.5) is 5.69 Å². The monoisotopic (exact) mass is 281 g/mol. The van der Waals surface area contributed by atoms with Crippen molar-refractivity contribution in [2.45, 2.75) is 19.4 Å². The van der Waals surface area contributed by atoms with Gasteiger partial charge >= 0.3 is 0 Å². The Bertz CT molecular complexity index is 458. The first-order valence-electron chi connectivity index (χ1n) is 6.52. The maximum Gasteiger partial charge on any atom is 0.255 e. The van der Waals surface area contributed by atoms with Crippen LogP contribution in [0.3, 0.4) is 0 Å². The summed E-state index contributed by atoms with van der Waals surface area (Å²) in [6.07, 6.45) is 0.952. The summed E-state index contributed by atoms with van der Waals surface area (Å²) in [6, 6.07) is 5.30. The fourth-order valence-electron chi connectivity index (χ4n) is 2.59. The lowest BCUT2D eigenvalue weighted by Crippen LogP contribution is -2.49. The zero-order valence-electron chi connectivity index (χ0n) is 11.3. The van der Waals surface area contributed by atoms with E-state index in [-0.39, 0.29) is 11.9 Å². The third-order valence-corrected chi connectivity index (χ3v) is 4.01. The van der Waals surface area contributed by atoms with E-state index in [0.29, 0.717) is 22.2 Å². The lowest BCUT2D eigenvalue weighted by Gasteiger charge is -2.35. The number of nitrogens with two attached hydrogens (primary N) is 1. The van der Waals surface area contributed by atoms with Crippen molar-refractivity contribution in [1.29, 1.82) is 0 Å². The fourth-order valence-corrected chi connectivity index (χ4v) is 2.86. The second-order valence-electron chi connectivity index (χ2n) is 5.31. The number of piperidine rings is 1. The van der Waals surface area contributed by atoms with Gasteiger partial charge in [-0.15, -0.1) is 0 Å². The molecule has 1 amide bonds. The molecule has 1 aliphatic rings. The minimum Gasteiger partial charge on any atom is -0.398 e. The molecule has 3 N–H and O–H groups in total. The number of carbonyl (C=O) groups is 1. The summed E-state index contributed by atoms with van der Waals surface area (Å²) in [7, 11) is 2.10. The van der Waals surface area contributed by atoms with Crippen LogP contribution < -0.4 is 11.1 Å². The first-order chi connectivity index (χ1) is 8.99. The van der Waals surface area contributed by atoms with Crippen LogP contribution in [0.5, 0.6) is 0 Å². The van der Waals surface area contributed by atoms with Gasteiger partial charge in [-0.2, -0.15) is 0 Å². The van der Waals surface area contributed by atoms with Gasteiger partial charge in [0, 0.05) is 18.3 Å². The molecule has 4 nitrogen and oxygen atoms in total. The lowest BCUT2D eigenvalue weighted by molar-refractivity contribution is 0.0885. The molecule has 0 bridgehead atoms. The maximum atomic E-state index is 12.3. The van der Waals surface area contributed by atoms with Gasteiger partial charge in [0.25, 0.3) is 5.91 Å². The van der Waals surface area contributed by atoms with Crippen molar-refractivity contribution in [2.24, 2.45) is 5.92 Å². The zero-order chi connectivity index (χ0) is 14.0. The van der Waals surface area contributed by atoms with Crippen molar-refractivity contribution >= 4 is 23.2 Å². The Labute approximate surface area is 118 Å². The Kier molecular flexibility index (Phi) is 4.32. The molecule has 2 atom stereocenters. The first-order valence-corrected chi connectivity index (χ1v) is 6.90. The van der Waals surface area contributed by atoms with Crippen LogP contribution in [0.25, 0.3) is 0 Å². The Morgan fingerprint density at radius 1 is 1.53 bits per heavy atom. The smallest absolute Gasteiger partial charge is 0.255 e. The van der Waals surface area contributed by atoms with E-state index in [9.17, 15) is 4.79 Å². The van der Waals surface area contributed by atoms with E-state index in [1.54, 1.807) is 18.2 Å². The molecule has 19 heavy (non-hydrogen) atoms. The van der Waals surface area contributed by atoms with Crippen LogP contribution in [0.15, 0.2) is 18.2 Å². The first kappa shape index (κ1) is 14.2. The third-order valence-electron chi connectivity index (χ3n) is 3.70. The van der Waals surface area contributed by atoms with E-state index in [0.717, 1.165) is 19.5 Å². The zero-order valence-corrected chi connectivity index (χ0v) is 12.1. The second kappa shape index (κ2) is 5.80. The summed E-state index contributed by atoms with van der Waals surface area (Å²) in [4.78, 5) is 14.6. The van der Waals surface area contributed by atoms with E-state index < -0.39 is 0 Å². The molecule has 5 heteroatoms. The normalized spacial score (nSPS) is 24.2. The van der Waals surface area contributed by atoms with Crippen LogP contribution in [0.2, 0.25) is 5.02 Å². The Hall–Kier alpha value is -1.26. The summed E-state index contributed by atoms with van der Waals surface area (Å²) >= 11 is 6.05. The van der Waals surface area contributed by atoms with Gasteiger partial charge in [0.15, 0.2) is 0 Å². The van der Waals surface area contributed by atoms with E-state index in [4.69, 9.17) is 17.3 Å². The number of hydrogen-bond acceptors (Lipinski definition) is 3. The molecule has 0 aliphatic carbocycles. The molecule has 1 aromatic carbocycles. The molecular formula is C14H20ClN3O. The standard InChI is InChI=1S/C14H20ClN3O/c1-9-8-18(2)7-6-12(9)17-14(19)13-10(15)4-3-5-11(13)16/h3-5,9,12H,6-8,16H2,1-2H3,(H,17,19). The molecule has 1 aromatic rings. The number of amides is 1. The Morgan fingerprint density at radius 3 is 2.89 bits per heavy atom. The Morgan fingerprint density at radius 2 is 2.26 bits per heavy atom. The fraction of sp³-hybridized carbons (Fsp3) is 0.500. The number of nitrogens with zero attached hydrogens (tertiary/aromatic N) is 1. The van der Waals surface area contributed by atoms with Crippen molar-refractivity contribution in [1.82, 2.24) is 10.2 Å². The number of anilines is 1. The molecular weight excluding hydrogens is 262 g/mol. The number of carbonyl (C=O) groups excluding carboxylic acids is 1. The van der Waals surface area contributed by atoms with Crippen LogP contribution in [-0.4, -0.2) is 37.0 Å². The SMILES string of the molecule is CC1CN(C)CCC1NC(=O)c1c(N)cccc1Cl. The minimum atomic E-state index is -0.176. The molecule has 104 valence electrons. The highest BCUT2D eigenvalue weighted by molar-refractivity contribution is 6.34. The molecule has 2 rings (SSSR count). The van der Waals surface area contributed by atoms with Gasteiger partial charge in [-0.1, -0.05) is 24.6 Å². The number of likely N-dealkylation sites (tertiary alicyclic amines) is 1. The summed E-state index contributed by atoms with van der Waals surface area (Å²) in [5.74, 6) is 0.246. The van der Waals surface area contributed by atoms with Gasteiger partial charge in [0.05, 0.1) is 10.6 Å². The molecule has 0 aromatic heterocycles. The van der Waals surface area contributed by atoms with E-state index >= 15 is 0 Å². The number of hydrogen-bond donors (Lipinski definition) is 2. The third kappa shape index (κ3) is 3.19. The molecule has 1 fully saturated rings. The quantitative estimate of drug-likeness (QED) is 0.815. The molecule has 1 aliphatic heterocycles. The van der Waals surface area contributed by atoms with Gasteiger partial charge in [-0.25, -0.2) is 0 Å². The highest BCUT2D eigenvalue weighted by Gasteiger charge is 2.26.